The van der Waals surface area contributed by atoms with Gasteiger partial charge >= 0.3 is 0 Å². The van der Waals surface area contributed by atoms with Gasteiger partial charge in [0.25, 0.3) is 9.05 Å². The van der Waals surface area contributed by atoms with Crippen LogP contribution in [0.5, 0.6) is 0 Å². The molecule has 0 atom stereocenters. The van der Waals surface area contributed by atoms with Crippen molar-refractivity contribution >= 4 is 42.1 Å². The predicted molar refractivity (Wildman–Crippen MR) is 73.9 cm³/mol. The number of halogens is 2. The number of aromatic nitrogens is 1. The van der Waals surface area contributed by atoms with Crippen molar-refractivity contribution in [2.75, 3.05) is 0 Å². The maximum Gasteiger partial charge on any atom is 0.261 e. The molecule has 0 saturated carbocycles. The van der Waals surface area contributed by atoms with Crippen LogP contribution < -0.4 is 0 Å². The molecule has 2 rings (SSSR count). The Morgan fingerprint density at radius 2 is 1.89 bits per heavy atom. The van der Waals surface area contributed by atoms with Crippen molar-refractivity contribution < 1.29 is 8.42 Å². The molecule has 3 nitrogen and oxygen atoms in total. The summed E-state index contributed by atoms with van der Waals surface area (Å²) in [5.41, 5.74) is 0.858. The first-order valence-electron chi connectivity index (χ1n) is 5.33. The van der Waals surface area contributed by atoms with E-state index in [1.54, 1.807) is 12.1 Å². The van der Waals surface area contributed by atoms with E-state index in [4.69, 9.17) is 22.3 Å². The summed E-state index contributed by atoms with van der Waals surface area (Å²) in [4.78, 5) is 4.04. The maximum absolute atomic E-state index is 11.6. The fourth-order valence-corrected chi connectivity index (χ4v) is 3.09. The third kappa shape index (κ3) is 2.46. The van der Waals surface area contributed by atoms with E-state index in [0.717, 1.165) is 5.56 Å². The van der Waals surface area contributed by atoms with Gasteiger partial charge in [0.2, 0.25) is 0 Å². The Balaban J connectivity index is 2.95. The molecule has 0 spiro atoms. The van der Waals surface area contributed by atoms with Crippen LogP contribution in [0.25, 0.3) is 10.8 Å². The molecule has 0 unspecified atom stereocenters. The van der Waals surface area contributed by atoms with E-state index in [-0.39, 0.29) is 16.0 Å². The SMILES string of the molecule is CC(C)c1cc(S(=O)(=O)Cl)c2ccnc(Cl)c2c1. The highest BCUT2D eigenvalue weighted by Crippen LogP contribution is 2.32. The van der Waals surface area contributed by atoms with Crippen LogP contribution in [0, 0.1) is 0 Å². The topological polar surface area (TPSA) is 47.0 Å². The third-order valence-corrected chi connectivity index (χ3v) is 4.41. The molecular formula is C12H11Cl2NO2S. The Morgan fingerprint density at radius 1 is 1.22 bits per heavy atom. The first-order chi connectivity index (χ1) is 8.30. The molecule has 1 heterocycles. The normalized spacial score (nSPS) is 12.3. The van der Waals surface area contributed by atoms with Crippen molar-refractivity contribution in [3.8, 4) is 0 Å². The molecule has 18 heavy (non-hydrogen) atoms. The van der Waals surface area contributed by atoms with Gasteiger partial charge in [-0.2, -0.15) is 0 Å². The molecule has 2 aromatic rings. The lowest BCUT2D eigenvalue weighted by Crippen LogP contribution is -1.97. The standard InChI is InChI=1S/C12H11Cl2NO2S/c1-7(2)8-5-10-9(3-4-15-12(10)13)11(6-8)18(14,16)17/h3-7H,1-2H3. The molecule has 0 saturated heterocycles. The monoisotopic (exact) mass is 303 g/mol. The van der Waals surface area contributed by atoms with E-state index in [1.165, 1.54) is 6.20 Å². The Morgan fingerprint density at radius 3 is 2.44 bits per heavy atom. The highest BCUT2D eigenvalue weighted by atomic mass is 35.7. The van der Waals surface area contributed by atoms with E-state index < -0.39 is 9.05 Å². The van der Waals surface area contributed by atoms with Gasteiger partial charge in [-0.15, -0.1) is 0 Å². The van der Waals surface area contributed by atoms with Crippen LogP contribution in [-0.2, 0) is 9.05 Å². The zero-order valence-corrected chi connectivity index (χ0v) is 12.1. The van der Waals surface area contributed by atoms with Crippen LogP contribution in [0.1, 0.15) is 25.3 Å². The van der Waals surface area contributed by atoms with Gasteiger partial charge in [0.05, 0.1) is 4.90 Å². The Bertz CT molecular complexity index is 711. The number of rotatable bonds is 2. The highest BCUT2D eigenvalue weighted by Gasteiger charge is 2.18. The Kier molecular flexibility index (Phi) is 3.54. The van der Waals surface area contributed by atoms with Gasteiger partial charge in [-0.25, -0.2) is 13.4 Å². The second-order valence-electron chi connectivity index (χ2n) is 4.31. The summed E-state index contributed by atoms with van der Waals surface area (Å²) in [7, 11) is 1.66. The van der Waals surface area contributed by atoms with Gasteiger partial charge in [-0.1, -0.05) is 25.4 Å². The zero-order valence-electron chi connectivity index (χ0n) is 9.81. The minimum Gasteiger partial charge on any atom is -0.244 e. The van der Waals surface area contributed by atoms with Gasteiger partial charge in [0.1, 0.15) is 5.15 Å². The molecule has 0 amide bonds. The minimum atomic E-state index is -3.82. The molecular weight excluding hydrogens is 293 g/mol. The van der Waals surface area contributed by atoms with Crippen molar-refractivity contribution in [3.63, 3.8) is 0 Å². The molecule has 0 radical (unpaired) electrons. The average Bonchev–Trinajstić information content (AvgIpc) is 2.27. The van der Waals surface area contributed by atoms with Crippen LogP contribution in [-0.4, -0.2) is 13.4 Å². The summed E-state index contributed by atoms with van der Waals surface area (Å²) >= 11 is 6.01. The molecule has 6 heteroatoms. The van der Waals surface area contributed by atoms with Crippen molar-refractivity contribution in [1.82, 2.24) is 4.98 Å². The van der Waals surface area contributed by atoms with Crippen LogP contribution >= 0.6 is 22.3 Å². The molecule has 0 aliphatic rings. The lowest BCUT2D eigenvalue weighted by atomic mass is 10.0. The first kappa shape index (κ1) is 13.6. The average molecular weight is 304 g/mol. The predicted octanol–water partition coefficient (Wildman–Crippen LogP) is 3.94. The highest BCUT2D eigenvalue weighted by molar-refractivity contribution is 8.14. The molecule has 0 bridgehead atoms. The smallest absolute Gasteiger partial charge is 0.244 e. The largest absolute Gasteiger partial charge is 0.261 e. The van der Waals surface area contributed by atoms with Crippen molar-refractivity contribution in [2.45, 2.75) is 24.7 Å². The molecule has 0 N–H and O–H groups in total. The number of benzene rings is 1. The fraction of sp³-hybridized carbons (Fsp3) is 0.250. The summed E-state index contributed by atoms with van der Waals surface area (Å²) in [6, 6.07) is 5.03. The zero-order chi connectivity index (χ0) is 13.5. The number of hydrogen-bond acceptors (Lipinski definition) is 3. The van der Waals surface area contributed by atoms with E-state index in [1.807, 2.05) is 19.9 Å². The molecule has 0 aliphatic carbocycles. The summed E-state index contributed by atoms with van der Waals surface area (Å²) in [6.07, 6.45) is 1.46. The summed E-state index contributed by atoms with van der Waals surface area (Å²) in [5, 5.41) is 1.37. The Hall–Kier alpha value is -0.840. The van der Waals surface area contributed by atoms with E-state index >= 15 is 0 Å². The van der Waals surface area contributed by atoms with Gasteiger partial charge in [0.15, 0.2) is 0 Å². The molecule has 0 aliphatic heterocycles. The molecule has 1 aromatic carbocycles. The first-order valence-corrected chi connectivity index (χ1v) is 8.02. The van der Waals surface area contributed by atoms with Crippen LogP contribution in [0.3, 0.4) is 0 Å². The summed E-state index contributed by atoms with van der Waals surface area (Å²) in [5.74, 6) is 0.169. The number of pyridine rings is 1. The lowest BCUT2D eigenvalue weighted by Gasteiger charge is -2.11. The van der Waals surface area contributed by atoms with Gasteiger partial charge < -0.3 is 0 Å². The van der Waals surface area contributed by atoms with Gasteiger partial charge in [-0.05, 0) is 29.7 Å². The number of fused-ring (bicyclic) bond motifs is 1. The molecule has 0 fully saturated rings. The summed E-state index contributed by atoms with van der Waals surface area (Å²) in [6.45, 7) is 3.94. The van der Waals surface area contributed by atoms with Gasteiger partial charge in [0, 0.05) is 27.7 Å². The quantitative estimate of drug-likeness (QED) is 0.623. The van der Waals surface area contributed by atoms with E-state index in [0.29, 0.717) is 10.8 Å². The maximum atomic E-state index is 11.6. The van der Waals surface area contributed by atoms with Crippen LogP contribution in [0.15, 0.2) is 29.3 Å². The van der Waals surface area contributed by atoms with E-state index in [9.17, 15) is 8.42 Å². The van der Waals surface area contributed by atoms with Crippen molar-refractivity contribution in [2.24, 2.45) is 0 Å². The Labute approximate surface area is 115 Å². The molecule has 1 aromatic heterocycles. The lowest BCUT2D eigenvalue weighted by molar-refractivity contribution is 0.610. The van der Waals surface area contributed by atoms with Crippen LogP contribution in [0.4, 0.5) is 0 Å². The second kappa shape index (κ2) is 4.68. The number of hydrogen-bond donors (Lipinski definition) is 0. The summed E-state index contributed by atoms with van der Waals surface area (Å²) < 4.78 is 23.3. The third-order valence-electron chi connectivity index (χ3n) is 2.75. The van der Waals surface area contributed by atoms with Crippen molar-refractivity contribution in [1.29, 1.82) is 0 Å². The second-order valence-corrected chi connectivity index (χ2v) is 7.20. The van der Waals surface area contributed by atoms with Gasteiger partial charge in [-0.3, -0.25) is 0 Å². The molecule has 96 valence electrons. The fourth-order valence-electron chi connectivity index (χ4n) is 1.77. The minimum absolute atomic E-state index is 0.0784. The number of nitrogens with zero attached hydrogens (tertiary/aromatic N) is 1. The van der Waals surface area contributed by atoms with Crippen molar-refractivity contribution in [3.05, 3.63) is 35.1 Å². The van der Waals surface area contributed by atoms with E-state index in [2.05, 4.69) is 4.98 Å². The van der Waals surface area contributed by atoms with Crippen LogP contribution in [0.2, 0.25) is 5.15 Å².